The molecule has 1 fully saturated rings. The first-order valence-corrected chi connectivity index (χ1v) is 10.8. The number of likely N-dealkylation sites (tertiary alicyclic amines) is 1. The van der Waals surface area contributed by atoms with Gasteiger partial charge in [0.05, 0.1) is 5.56 Å². The second-order valence-corrected chi connectivity index (χ2v) is 8.57. The van der Waals surface area contributed by atoms with Crippen molar-refractivity contribution in [2.75, 3.05) is 11.9 Å². The maximum Gasteiger partial charge on any atom is 0.255 e. The van der Waals surface area contributed by atoms with Crippen molar-refractivity contribution in [2.45, 2.75) is 51.4 Å². The average molecular weight is 439 g/mol. The van der Waals surface area contributed by atoms with Crippen LogP contribution >= 0.6 is 0 Å². The van der Waals surface area contributed by atoms with Crippen LogP contribution in [-0.4, -0.2) is 40.9 Å². The molecule has 0 unspecified atom stereocenters. The van der Waals surface area contributed by atoms with E-state index in [4.69, 9.17) is 0 Å². The van der Waals surface area contributed by atoms with Crippen molar-refractivity contribution in [2.24, 2.45) is 0 Å². The SMILES string of the molecule is Cc1ccc2c(c1)N[C@@]1(CCC(=O)N([C@@H](C)C(=O)NCc3cccc(F)c3)CC1)NC2=O. The van der Waals surface area contributed by atoms with E-state index in [9.17, 15) is 18.8 Å². The summed E-state index contributed by atoms with van der Waals surface area (Å²) in [4.78, 5) is 39.8. The summed E-state index contributed by atoms with van der Waals surface area (Å²) >= 11 is 0. The van der Waals surface area contributed by atoms with Crippen LogP contribution < -0.4 is 16.0 Å². The van der Waals surface area contributed by atoms with Crippen LogP contribution in [0.15, 0.2) is 42.5 Å². The van der Waals surface area contributed by atoms with Crippen LogP contribution in [0.3, 0.4) is 0 Å². The molecule has 0 saturated carbocycles. The number of hydrogen-bond donors (Lipinski definition) is 3. The lowest BCUT2D eigenvalue weighted by Crippen LogP contribution is -2.58. The van der Waals surface area contributed by atoms with E-state index in [1.54, 1.807) is 30.0 Å². The summed E-state index contributed by atoms with van der Waals surface area (Å²) in [5, 5.41) is 9.26. The first-order valence-electron chi connectivity index (χ1n) is 10.8. The van der Waals surface area contributed by atoms with Crippen LogP contribution in [0.25, 0.3) is 0 Å². The summed E-state index contributed by atoms with van der Waals surface area (Å²) in [5.74, 6) is -0.973. The Morgan fingerprint density at radius 1 is 1.19 bits per heavy atom. The number of aryl methyl sites for hydroxylation is 1. The van der Waals surface area contributed by atoms with E-state index in [2.05, 4.69) is 16.0 Å². The van der Waals surface area contributed by atoms with Gasteiger partial charge in [0.25, 0.3) is 5.91 Å². The van der Waals surface area contributed by atoms with Crippen molar-refractivity contribution in [1.29, 1.82) is 0 Å². The van der Waals surface area contributed by atoms with E-state index >= 15 is 0 Å². The Hall–Kier alpha value is -3.42. The highest BCUT2D eigenvalue weighted by molar-refractivity contribution is 6.02. The number of nitrogens with zero attached hydrogens (tertiary/aromatic N) is 1. The van der Waals surface area contributed by atoms with E-state index in [1.165, 1.54) is 12.1 Å². The second-order valence-electron chi connectivity index (χ2n) is 8.57. The standard InChI is InChI=1S/C24H27FN4O3/c1-15-6-7-19-20(12-15)27-24(28-23(19)32)9-8-21(30)29(11-10-24)16(2)22(31)26-14-17-4-3-5-18(25)13-17/h3-7,12-13,16,27H,8-11,14H2,1-2H3,(H,26,31)(H,28,32)/t16-,24-/m0/s1. The zero-order chi connectivity index (χ0) is 22.9. The van der Waals surface area contributed by atoms with Crippen molar-refractivity contribution in [3.05, 3.63) is 65.0 Å². The molecule has 7 nitrogen and oxygen atoms in total. The number of halogens is 1. The van der Waals surface area contributed by atoms with E-state index < -0.39 is 11.7 Å². The first-order chi connectivity index (χ1) is 15.3. The Balaban J connectivity index is 1.43. The number of hydrogen-bond acceptors (Lipinski definition) is 4. The van der Waals surface area contributed by atoms with Gasteiger partial charge in [-0.15, -0.1) is 0 Å². The lowest BCUT2D eigenvalue weighted by atomic mass is 9.94. The molecule has 2 aliphatic rings. The normalized spacial score (nSPS) is 21.3. The fourth-order valence-electron chi connectivity index (χ4n) is 4.34. The third-order valence-electron chi connectivity index (χ3n) is 6.21. The third kappa shape index (κ3) is 4.44. The highest BCUT2D eigenvalue weighted by atomic mass is 19.1. The van der Waals surface area contributed by atoms with Gasteiger partial charge in [0.1, 0.15) is 17.5 Å². The highest BCUT2D eigenvalue weighted by Gasteiger charge is 2.41. The molecule has 2 atom stereocenters. The van der Waals surface area contributed by atoms with Crippen LogP contribution in [0.5, 0.6) is 0 Å². The highest BCUT2D eigenvalue weighted by Crippen LogP contribution is 2.32. The number of amides is 3. The smallest absolute Gasteiger partial charge is 0.255 e. The zero-order valence-corrected chi connectivity index (χ0v) is 18.2. The minimum absolute atomic E-state index is 0.138. The summed E-state index contributed by atoms with van der Waals surface area (Å²) in [6, 6.07) is 11.0. The number of benzene rings is 2. The molecule has 8 heteroatoms. The van der Waals surface area contributed by atoms with Gasteiger partial charge in [0.2, 0.25) is 11.8 Å². The predicted molar refractivity (Wildman–Crippen MR) is 118 cm³/mol. The summed E-state index contributed by atoms with van der Waals surface area (Å²) in [6.45, 7) is 4.15. The molecule has 2 aliphatic heterocycles. The molecule has 2 aromatic carbocycles. The molecule has 3 N–H and O–H groups in total. The van der Waals surface area contributed by atoms with E-state index in [0.717, 1.165) is 11.3 Å². The Kier molecular flexibility index (Phi) is 5.86. The van der Waals surface area contributed by atoms with Crippen LogP contribution in [0.1, 0.15) is 47.7 Å². The van der Waals surface area contributed by atoms with Gasteiger partial charge in [-0.3, -0.25) is 14.4 Å². The van der Waals surface area contributed by atoms with E-state index in [0.29, 0.717) is 30.5 Å². The quantitative estimate of drug-likeness (QED) is 0.685. The monoisotopic (exact) mass is 438 g/mol. The molecule has 0 bridgehead atoms. The zero-order valence-electron chi connectivity index (χ0n) is 18.2. The van der Waals surface area contributed by atoms with Crippen LogP contribution in [0.4, 0.5) is 10.1 Å². The Labute approximate surface area is 186 Å². The lowest BCUT2D eigenvalue weighted by Gasteiger charge is -2.40. The molecular weight excluding hydrogens is 411 g/mol. The molecule has 3 amide bonds. The van der Waals surface area contributed by atoms with Crippen LogP contribution in [0.2, 0.25) is 0 Å². The van der Waals surface area contributed by atoms with Gasteiger partial charge in [-0.1, -0.05) is 18.2 Å². The van der Waals surface area contributed by atoms with Crippen LogP contribution in [0, 0.1) is 12.7 Å². The van der Waals surface area contributed by atoms with Gasteiger partial charge in [0, 0.05) is 31.6 Å². The molecule has 0 aliphatic carbocycles. The number of fused-ring (bicyclic) bond motifs is 1. The van der Waals surface area contributed by atoms with Crippen molar-refractivity contribution in [1.82, 2.24) is 15.5 Å². The summed E-state index contributed by atoms with van der Waals surface area (Å²) in [6.07, 6.45) is 1.11. The second kappa shape index (κ2) is 8.61. The average Bonchev–Trinajstić information content (AvgIpc) is 2.90. The number of carbonyl (C=O) groups excluding carboxylic acids is 3. The van der Waals surface area contributed by atoms with Crippen molar-refractivity contribution in [3.8, 4) is 0 Å². The molecule has 2 aromatic rings. The minimum Gasteiger partial charge on any atom is -0.362 e. The fraction of sp³-hybridized carbons (Fsp3) is 0.375. The van der Waals surface area contributed by atoms with Gasteiger partial charge in [-0.25, -0.2) is 4.39 Å². The first kappa shape index (κ1) is 21.8. The molecular formula is C24H27FN4O3. The molecule has 4 rings (SSSR count). The molecule has 1 spiro atoms. The number of anilines is 1. The number of nitrogens with one attached hydrogen (secondary N) is 3. The third-order valence-corrected chi connectivity index (χ3v) is 6.21. The molecule has 0 radical (unpaired) electrons. The largest absolute Gasteiger partial charge is 0.362 e. The van der Waals surface area contributed by atoms with Crippen LogP contribution in [-0.2, 0) is 16.1 Å². The Bertz CT molecular complexity index is 1070. The van der Waals surface area contributed by atoms with Crippen molar-refractivity contribution in [3.63, 3.8) is 0 Å². The molecule has 1 saturated heterocycles. The summed E-state index contributed by atoms with van der Waals surface area (Å²) in [7, 11) is 0. The summed E-state index contributed by atoms with van der Waals surface area (Å²) < 4.78 is 13.4. The Morgan fingerprint density at radius 3 is 2.78 bits per heavy atom. The van der Waals surface area contributed by atoms with Crippen molar-refractivity contribution < 1.29 is 18.8 Å². The van der Waals surface area contributed by atoms with Gasteiger partial charge in [0.15, 0.2) is 0 Å². The minimum atomic E-state index is -0.736. The molecule has 2 heterocycles. The van der Waals surface area contributed by atoms with Crippen molar-refractivity contribution >= 4 is 23.4 Å². The Morgan fingerprint density at radius 2 is 2.00 bits per heavy atom. The molecule has 32 heavy (non-hydrogen) atoms. The van der Waals surface area contributed by atoms with Gasteiger partial charge in [-0.05, 0) is 55.7 Å². The van der Waals surface area contributed by atoms with Gasteiger partial charge in [-0.2, -0.15) is 0 Å². The number of carbonyl (C=O) groups is 3. The van der Waals surface area contributed by atoms with E-state index in [1.807, 2.05) is 19.1 Å². The topological polar surface area (TPSA) is 90.5 Å². The van der Waals surface area contributed by atoms with Gasteiger partial charge >= 0.3 is 0 Å². The lowest BCUT2D eigenvalue weighted by molar-refractivity contribution is -0.139. The maximum atomic E-state index is 13.4. The van der Waals surface area contributed by atoms with Gasteiger partial charge < -0.3 is 20.9 Å². The fourth-order valence-corrected chi connectivity index (χ4v) is 4.34. The number of rotatable bonds is 4. The molecule has 0 aromatic heterocycles. The molecule has 168 valence electrons. The predicted octanol–water partition coefficient (Wildman–Crippen LogP) is 2.70. The maximum absolute atomic E-state index is 13.4. The summed E-state index contributed by atoms with van der Waals surface area (Å²) in [5.41, 5.74) is 2.29. The van der Waals surface area contributed by atoms with E-state index in [-0.39, 0.29) is 36.5 Å².